The average Bonchev–Trinajstić information content (AvgIpc) is 2.64. The van der Waals surface area contributed by atoms with E-state index in [1.165, 1.54) is 12.8 Å². The summed E-state index contributed by atoms with van der Waals surface area (Å²) in [6, 6.07) is 4.55. The molecule has 0 N–H and O–H groups in total. The average molecular weight is 295 g/mol. The van der Waals surface area contributed by atoms with E-state index in [4.69, 9.17) is 0 Å². The molecule has 0 amide bonds. The quantitative estimate of drug-likeness (QED) is 0.549. The Morgan fingerprint density at radius 1 is 0.900 bits per heavy atom. The maximum Gasteiger partial charge on any atom is 0.00815 e. The van der Waals surface area contributed by atoms with Crippen molar-refractivity contribution < 1.29 is 0 Å². The SMILES string of the molecule is CC(CC(C)(C)C)C(c1cccs1)C(C)CC(C)(C)C. The molecule has 0 fully saturated rings. The molecule has 0 bridgehead atoms. The lowest BCUT2D eigenvalue weighted by molar-refractivity contribution is 0.204. The lowest BCUT2D eigenvalue weighted by Crippen LogP contribution is -2.24. The van der Waals surface area contributed by atoms with Crippen molar-refractivity contribution in [2.45, 2.75) is 74.1 Å². The number of rotatable bonds is 5. The normalized spacial score (nSPS) is 17.8. The van der Waals surface area contributed by atoms with E-state index in [2.05, 4.69) is 72.9 Å². The third-order valence-electron chi connectivity index (χ3n) is 3.97. The van der Waals surface area contributed by atoms with Gasteiger partial charge in [-0.15, -0.1) is 11.3 Å². The molecule has 0 aromatic carbocycles. The summed E-state index contributed by atoms with van der Waals surface area (Å²) in [4.78, 5) is 1.58. The minimum absolute atomic E-state index is 0.413. The fourth-order valence-electron chi connectivity index (χ4n) is 3.79. The lowest BCUT2D eigenvalue weighted by Gasteiger charge is -2.35. The Morgan fingerprint density at radius 2 is 1.35 bits per heavy atom. The first-order valence-corrected chi connectivity index (χ1v) is 8.91. The Morgan fingerprint density at radius 3 is 1.65 bits per heavy atom. The summed E-state index contributed by atoms with van der Waals surface area (Å²) < 4.78 is 0. The highest BCUT2D eigenvalue weighted by molar-refractivity contribution is 7.10. The van der Waals surface area contributed by atoms with Crippen LogP contribution in [0.4, 0.5) is 0 Å². The molecule has 1 aromatic rings. The van der Waals surface area contributed by atoms with E-state index in [-0.39, 0.29) is 0 Å². The Labute approximate surface area is 131 Å². The molecule has 0 spiro atoms. The van der Waals surface area contributed by atoms with Gasteiger partial charge in [0.2, 0.25) is 0 Å². The second-order valence-electron chi connectivity index (χ2n) is 9.03. The topological polar surface area (TPSA) is 0 Å². The van der Waals surface area contributed by atoms with Gasteiger partial charge in [-0.25, -0.2) is 0 Å². The zero-order valence-electron chi connectivity index (χ0n) is 14.8. The Hall–Kier alpha value is -0.300. The van der Waals surface area contributed by atoms with Crippen molar-refractivity contribution in [3.8, 4) is 0 Å². The predicted octanol–water partition coefficient (Wildman–Crippen LogP) is 6.98. The van der Waals surface area contributed by atoms with Crippen LogP contribution in [-0.2, 0) is 0 Å². The van der Waals surface area contributed by atoms with Crippen molar-refractivity contribution in [3.63, 3.8) is 0 Å². The van der Waals surface area contributed by atoms with Gasteiger partial charge in [0.05, 0.1) is 0 Å². The molecule has 2 unspecified atom stereocenters. The molecule has 20 heavy (non-hydrogen) atoms. The zero-order chi connectivity index (χ0) is 15.6. The van der Waals surface area contributed by atoms with Crippen LogP contribution < -0.4 is 0 Å². The first-order valence-electron chi connectivity index (χ1n) is 8.03. The molecule has 1 heterocycles. The molecule has 0 saturated carbocycles. The van der Waals surface area contributed by atoms with Crippen LogP contribution in [0.5, 0.6) is 0 Å². The zero-order valence-corrected chi connectivity index (χ0v) is 15.6. The standard InChI is InChI=1S/C19H34S/c1-14(12-18(3,4)5)17(16-10-9-11-20-16)15(2)13-19(6,7)8/h9-11,14-15,17H,12-13H2,1-8H3. The molecule has 116 valence electrons. The Balaban J connectivity index is 2.92. The molecule has 0 aliphatic heterocycles. The van der Waals surface area contributed by atoms with E-state index < -0.39 is 0 Å². The van der Waals surface area contributed by atoms with Crippen molar-refractivity contribution in [2.75, 3.05) is 0 Å². The summed E-state index contributed by atoms with van der Waals surface area (Å²) in [5, 5.41) is 2.23. The van der Waals surface area contributed by atoms with Crippen LogP contribution in [0.3, 0.4) is 0 Å². The van der Waals surface area contributed by atoms with Crippen molar-refractivity contribution in [1.29, 1.82) is 0 Å². The van der Waals surface area contributed by atoms with E-state index in [1.54, 1.807) is 4.88 Å². The van der Waals surface area contributed by atoms with E-state index in [9.17, 15) is 0 Å². The summed E-state index contributed by atoms with van der Waals surface area (Å²) in [7, 11) is 0. The predicted molar refractivity (Wildman–Crippen MR) is 93.5 cm³/mol. The minimum Gasteiger partial charge on any atom is -0.149 e. The molecule has 0 aliphatic carbocycles. The number of hydrogen-bond donors (Lipinski definition) is 0. The van der Waals surface area contributed by atoms with Crippen LogP contribution >= 0.6 is 11.3 Å². The molecule has 0 nitrogen and oxygen atoms in total. The van der Waals surface area contributed by atoms with Crippen molar-refractivity contribution in [1.82, 2.24) is 0 Å². The lowest BCUT2D eigenvalue weighted by atomic mass is 9.70. The van der Waals surface area contributed by atoms with Crippen LogP contribution in [0.15, 0.2) is 17.5 Å². The Kier molecular flexibility index (Phi) is 5.89. The summed E-state index contributed by atoms with van der Waals surface area (Å²) in [6.45, 7) is 19.1. The highest BCUT2D eigenvalue weighted by Gasteiger charge is 2.31. The van der Waals surface area contributed by atoms with Crippen LogP contribution in [0.1, 0.15) is 79.0 Å². The Bertz CT molecular complexity index is 353. The summed E-state index contributed by atoms with van der Waals surface area (Å²) >= 11 is 1.94. The molecule has 0 saturated heterocycles. The van der Waals surface area contributed by atoms with Gasteiger partial charge in [0.1, 0.15) is 0 Å². The van der Waals surface area contributed by atoms with Gasteiger partial charge in [0.15, 0.2) is 0 Å². The van der Waals surface area contributed by atoms with E-state index in [0.717, 1.165) is 11.8 Å². The van der Waals surface area contributed by atoms with Crippen LogP contribution in [-0.4, -0.2) is 0 Å². The van der Waals surface area contributed by atoms with Crippen LogP contribution in [0.2, 0.25) is 0 Å². The van der Waals surface area contributed by atoms with Crippen molar-refractivity contribution >= 4 is 11.3 Å². The molecule has 2 atom stereocenters. The van der Waals surface area contributed by atoms with Gasteiger partial charge in [-0.1, -0.05) is 61.5 Å². The first-order chi connectivity index (χ1) is 8.99. The second-order valence-corrected chi connectivity index (χ2v) is 10.0. The fourth-order valence-corrected chi connectivity index (χ4v) is 4.88. The third kappa shape index (κ3) is 5.99. The monoisotopic (exact) mass is 294 g/mol. The van der Waals surface area contributed by atoms with Crippen molar-refractivity contribution in [2.24, 2.45) is 22.7 Å². The van der Waals surface area contributed by atoms with Crippen molar-refractivity contribution in [3.05, 3.63) is 22.4 Å². The number of thiophene rings is 1. The minimum atomic E-state index is 0.413. The van der Waals surface area contributed by atoms with Crippen LogP contribution in [0.25, 0.3) is 0 Å². The van der Waals surface area contributed by atoms with Gasteiger partial charge in [0.25, 0.3) is 0 Å². The van der Waals surface area contributed by atoms with E-state index in [0.29, 0.717) is 16.7 Å². The highest BCUT2D eigenvalue weighted by atomic mass is 32.1. The smallest absolute Gasteiger partial charge is 0.00815 e. The van der Waals surface area contributed by atoms with Gasteiger partial charge in [0, 0.05) is 4.88 Å². The molecule has 1 aromatic heterocycles. The van der Waals surface area contributed by atoms with Gasteiger partial charge >= 0.3 is 0 Å². The second kappa shape index (κ2) is 6.64. The van der Waals surface area contributed by atoms with E-state index >= 15 is 0 Å². The van der Waals surface area contributed by atoms with Gasteiger partial charge in [-0.05, 0) is 52.9 Å². The summed E-state index contributed by atoms with van der Waals surface area (Å²) in [5.41, 5.74) is 0.826. The largest absolute Gasteiger partial charge is 0.149 e. The van der Waals surface area contributed by atoms with E-state index in [1.807, 2.05) is 11.3 Å². The third-order valence-corrected chi connectivity index (χ3v) is 4.94. The van der Waals surface area contributed by atoms with Gasteiger partial charge in [-0.2, -0.15) is 0 Å². The van der Waals surface area contributed by atoms with Crippen LogP contribution in [0, 0.1) is 22.7 Å². The molecule has 0 aliphatic rings. The molecule has 1 rings (SSSR count). The van der Waals surface area contributed by atoms with Gasteiger partial charge < -0.3 is 0 Å². The van der Waals surface area contributed by atoms with Gasteiger partial charge in [-0.3, -0.25) is 0 Å². The molecular formula is C19H34S. The summed E-state index contributed by atoms with van der Waals surface area (Å²) in [5.74, 6) is 2.19. The number of hydrogen-bond acceptors (Lipinski definition) is 1. The molecule has 1 heteroatoms. The summed E-state index contributed by atoms with van der Waals surface area (Å²) in [6.07, 6.45) is 2.59. The fraction of sp³-hybridized carbons (Fsp3) is 0.789. The highest BCUT2D eigenvalue weighted by Crippen LogP contribution is 2.43. The maximum atomic E-state index is 2.45. The molecular weight excluding hydrogens is 260 g/mol. The first kappa shape index (κ1) is 17.8. The maximum absolute atomic E-state index is 2.45. The molecule has 0 radical (unpaired) electrons.